The zero-order valence-electron chi connectivity index (χ0n) is 13.8. The first-order valence-electron chi connectivity index (χ1n) is 8.03. The highest BCUT2D eigenvalue weighted by molar-refractivity contribution is 5.93. The Labute approximate surface area is 139 Å². The van der Waals surface area contributed by atoms with Crippen LogP contribution in [0.4, 0.5) is 0 Å². The average Bonchev–Trinajstić information content (AvgIpc) is 3.25. The average molecular weight is 331 g/mol. The Hall–Kier alpha value is -2.64. The maximum atomic E-state index is 12.7. The molecular weight excluding hydrogens is 310 g/mol. The molecular formula is C16H21N5O3. The lowest BCUT2D eigenvalue weighted by molar-refractivity contribution is -0.138. The van der Waals surface area contributed by atoms with E-state index in [4.69, 9.17) is 0 Å². The zero-order chi connectivity index (χ0) is 17.3. The van der Waals surface area contributed by atoms with E-state index in [-0.39, 0.29) is 24.2 Å². The molecule has 0 bridgehead atoms. The molecule has 24 heavy (non-hydrogen) atoms. The first kappa shape index (κ1) is 16.2. The van der Waals surface area contributed by atoms with Gasteiger partial charge in [0.15, 0.2) is 0 Å². The van der Waals surface area contributed by atoms with Crippen LogP contribution in [-0.4, -0.2) is 55.0 Å². The van der Waals surface area contributed by atoms with E-state index in [1.54, 1.807) is 28.9 Å². The first-order chi connectivity index (χ1) is 11.5. The van der Waals surface area contributed by atoms with Crippen molar-refractivity contribution in [3.8, 4) is 0 Å². The van der Waals surface area contributed by atoms with E-state index in [0.717, 1.165) is 17.8 Å². The fraction of sp³-hybridized carbons (Fsp3) is 0.500. The van der Waals surface area contributed by atoms with Gasteiger partial charge >= 0.3 is 5.97 Å². The molecule has 2 aromatic rings. The number of aromatic amines is 1. The number of carboxylic acid groups (broad SMARTS) is 1. The highest BCUT2D eigenvalue weighted by atomic mass is 16.4. The molecule has 0 saturated carbocycles. The molecule has 128 valence electrons. The Balaban J connectivity index is 1.80. The summed E-state index contributed by atoms with van der Waals surface area (Å²) >= 11 is 0. The van der Waals surface area contributed by atoms with Crippen LogP contribution in [0.5, 0.6) is 0 Å². The van der Waals surface area contributed by atoms with Gasteiger partial charge in [-0.15, -0.1) is 5.10 Å². The van der Waals surface area contributed by atoms with Crippen LogP contribution in [-0.2, 0) is 18.3 Å². The van der Waals surface area contributed by atoms with Gasteiger partial charge in [-0.1, -0.05) is 12.1 Å². The van der Waals surface area contributed by atoms with Crippen molar-refractivity contribution in [1.82, 2.24) is 24.9 Å². The number of aryl methyl sites for hydroxylation is 2. The lowest BCUT2D eigenvalue weighted by atomic mass is 9.91. The number of hydrogen-bond acceptors (Lipinski definition) is 4. The molecule has 0 radical (unpaired) electrons. The van der Waals surface area contributed by atoms with E-state index < -0.39 is 5.97 Å². The number of carbonyl (C=O) groups excluding carboxylic acids is 1. The lowest BCUT2D eigenvalue weighted by Crippen LogP contribution is -2.29. The maximum Gasteiger partial charge on any atom is 0.303 e. The van der Waals surface area contributed by atoms with Crippen LogP contribution in [0.15, 0.2) is 18.3 Å². The summed E-state index contributed by atoms with van der Waals surface area (Å²) in [4.78, 5) is 28.7. The molecule has 8 heteroatoms. The maximum absolute atomic E-state index is 12.7. The van der Waals surface area contributed by atoms with E-state index in [1.807, 2.05) is 13.0 Å². The van der Waals surface area contributed by atoms with Crippen LogP contribution in [0.2, 0.25) is 0 Å². The minimum absolute atomic E-state index is 0.00988. The smallest absolute Gasteiger partial charge is 0.303 e. The molecule has 0 aliphatic carbocycles. The topological polar surface area (TPSA) is 104 Å². The molecule has 0 aromatic carbocycles. The number of carbonyl (C=O) groups is 2. The number of carboxylic acids is 1. The van der Waals surface area contributed by atoms with Crippen LogP contribution in [0.25, 0.3) is 0 Å². The third kappa shape index (κ3) is 3.17. The molecule has 1 fully saturated rings. The number of aliphatic carboxylic acids is 1. The second kappa shape index (κ2) is 6.46. The summed E-state index contributed by atoms with van der Waals surface area (Å²) in [5.74, 6) is -1.24. The molecule has 1 saturated heterocycles. The van der Waals surface area contributed by atoms with Crippen LogP contribution in [0.3, 0.4) is 0 Å². The summed E-state index contributed by atoms with van der Waals surface area (Å²) in [7, 11) is 1.77. The van der Waals surface area contributed by atoms with Crippen molar-refractivity contribution in [2.75, 3.05) is 13.1 Å². The Bertz CT molecular complexity index is 750. The summed E-state index contributed by atoms with van der Waals surface area (Å²) in [6.45, 7) is 2.88. The van der Waals surface area contributed by atoms with Gasteiger partial charge in [0.05, 0.1) is 12.1 Å². The second-order valence-electron chi connectivity index (χ2n) is 6.24. The number of hydrogen-bond donors (Lipinski definition) is 2. The third-order valence-electron chi connectivity index (χ3n) is 4.52. The molecule has 3 heterocycles. The third-order valence-corrected chi connectivity index (χ3v) is 4.52. The number of nitrogens with zero attached hydrogens (tertiary/aromatic N) is 4. The van der Waals surface area contributed by atoms with Gasteiger partial charge in [-0.2, -0.15) is 0 Å². The van der Waals surface area contributed by atoms with Crippen molar-refractivity contribution in [3.05, 3.63) is 35.4 Å². The summed E-state index contributed by atoms with van der Waals surface area (Å²) in [5.41, 5.74) is 2.28. The Morgan fingerprint density at radius 1 is 1.38 bits per heavy atom. The number of H-pyrrole nitrogens is 1. The number of likely N-dealkylation sites (tertiary alicyclic amines) is 1. The van der Waals surface area contributed by atoms with Crippen LogP contribution >= 0.6 is 0 Å². The summed E-state index contributed by atoms with van der Waals surface area (Å²) < 4.78 is 1.59. The fourth-order valence-corrected chi connectivity index (χ4v) is 3.28. The van der Waals surface area contributed by atoms with Gasteiger partial charge in [0.25, 0.3) is 5.91 Å². The van der Waals surface area contributed by atoms with Crippen molar-refractivity contribution in [1.29, 1.82) is 0 Å². The largest absolute Gasteiger partial charge is 0.481 e. The van der Waals surface area contributed by atoms with Gasteiger partial charge in [0.1, 0.15) is 5.69 Å². The normalized spacial score (nSPS) is 20.5. The minimum Gasteiger partial charge on any atom is -0.481 e. The van der Waals surface area contributed by atoms with E-state index in [9.17, 15) is 14.7 Å². The molecule has 1 aliphatic rings. The molecule has 2 atom stereocenters. The summed E-state index contributed by atoms with van der Waals surface area (Å²) in [6.07, 6.45) is 2.63. The van der Waals surface area contributed by atoms with Gasteiger partial charge in [-0.25, -0.2) is 0 Å². The number of rotatable bonds is 5. The molecule has 2 N–H and O–H groups in total. The highest BCUT2D eigenvalue weighted by Gasteiger charge is 2.39. The van der Waals surface area contributed by atoms with E-state index >= 15 is 0 Å². The van der Waals surface area contributed by atoms with Crippen molar-refractivity contribution in [2.45, 2.75) is 25.7 Å². The van der Waals surface area contributed by atoms with E-state index in [0.29, 0.717) is 18.8 Å². The van der Waals surface area contributed by atoms with Crippen molar-refractivity contribution in [2.24, 2.45) is 13.0 Å². The predicted molar refractivity (Wildman–Crippen MR) is 85.6 cm³/mol. The molecule has 0 spiro atoms. The molecule has 1 amide bonds. The fourth-order valence-electron chi connectivity index (χ4n) is 3.28. The lowest BCUT2D eigenvalue weighted by Gasteiger charge is -2.15. The van der Waals surface area contributed by atoms with Crippen molar-refractivity contribution >= 4 is 11.9 Å². The van der Waals surface area contributed by atoms with Gasteiger partial charge in [0.2, 0.25) is 0 Å². The molecule has 3 rings (SSSR count). The Morgan fingerprint density at radius 3 is 2.75 bits per heavy atom. The van der Waals surface area contributed by atoms with Crippen LogP contribution in [0, 0.1) is 5.92 Å². The standard InChI is InChI=1S/C16H21N5O3/c1-3-11-4-5-13(17-11)16(24)21-7-10(6-15(22)23)12(8-21)14-9-20(2)19-18-14/h4-5,9-10,12,17H,3,6-8H2,1-2H3,(H,22,23)/t10-,12+/m0/s1. The molecule has 0 unspecified atom stereocenters. The van der Waals surface area contributed by atoms with Gasteiger partial charge in [-0.05, 0) is 24.5 Å². The van der Waals surface area contributed by atoms with Crippen molar-refractivity contribution in [3.63, 3.8) is 0 Å². The number of aromatic nitrogens is 4. The highest BCUT2D eigenvalue weighted by Crippen LogP contribution is 2.34. The second-order valence-corrected chi connectivity index (χ2v) is 6.24. The Kier molecular flexibility index (Phi) is 4.37. The minimum atomic E-state index is -0.865. The van der Waals surface area contributed by atoms with Crippen LogP contribution < -0.4 is 0 Å². The van der Waals surface area contributed by atoms with Gasteiger partial charge in [0, 0.05) is 37.9 Å². The van der Waals surface area contributed by atoms with Gasteiger partial charge < -0.3 is 15.0 Å². The van der Waals surface area contributed by atoms with Crippen molar-refractivity contribution < 1.29 is 14.7 Å². The Morgan fingerprint density at radius 2 is 2.17 bits per heavy atom. The quantitative estimate of drug-likeness (QED) is 0.852. The SMILES string of the molecule is CCc1ccc(C(=O)N2C[C@H](CC(=O)O)[C@H](c3cn(C)nn3)C2)[nH]1. The monoisotopic (exact) mass is 331 g/mol. The van der Waals surface area contributed by atoms with E-state index in [2.05, 4.69) is 15.3 Å². The first-order valence-corrected chi connectivity index (χ1v) is 8.03. The van der Waals surface area contributed by atoms with Crippen LogP contribution in [0.1, 0.15) is 41.1 Å². The molecule has 1 aliphatic heterocycles. The molecule has 2 aromatic heterocycles. The van der Waals surface area contributed by atoms with Gasteiger partial charge in [-0.3, -0.25) is 14.3 Å². The summed E-state index contributed by atoms with van der Waals surface area (Å²) in [5, 5.41) is 17.2. The molecule has 8 nitrogen and oxygen atoms in total. The van der Waals surface area contributed by atoms with E-state index in [1.165, 1.54) is 0 Å². The number of amides is 1. The predicted octanol–water partition coefficient (Wildman–Crippen LogP) is 1.04. The summed E-state index contributed by atoms with van der Waals surface area (Å²) in [6, 6.07) is 3.68. The zero-order valence-corrected chi connectivity index (χ0v) is 13.8. The number of nitrogens with one attached hydrogen (secondary N) is 1.